The number of carbonyl (C=O) groups excluding carboxylic acids is 1. The lowest BCUT2D eigenvalue weighted by Gasteiger charge is -2.05. The normalized spacial score (nSPS) is 12.5. The van der Waals surface area contributed by atoms with Gasteiger partial charge in [0.25, 0.3) is 5.91 Å². The van der Waals surface area contributed by atoms with Gasteiger partial charge < -0.3 is 16.2 Å². The van der Waals surface area contributed by atoms with E-state index in [2.05, 4.69) is 15.5 Å². The first kappa shape index (κ1) is 9.53. The number of hydrogen-bond donors (Lipinski definition) is 4. The van der Waals surface area contributed by atoms with Crippen LogP contribution < -0.4 is 11.1 Å². The summed E-state index contributed by atoms with van der Waals surface area (Å²) in [6, 6.07) is 0. The third-order valence-electron chi connectivity index (χ3n) is 1.45. The molecule has 5 N–H and O–H groups in total. The summed E-state index contributed by atoms with van der Waals surface area (Å²) < 4.78 is 0. The van der Waals surface area contributed by atoms with Crippen molar-refractivity contribution in [2.24, 2.45) is 0 Å². The third-order valence-corrected chi connectivity index (χ3v) is 1.45. The molecule has 72 valence electrons. The molecule has 6 nitrogen and oxygen atoms in total. The maximum Gasteiger partial charge on any atom is 0.271 e. The standard InChI is InChI=1S/C7H12N4O2/c1-4(12)2-9-7(13)6-5(8)3-10-11-6/h3-4,12H,2,8H2,1H3,(H,9,13)(H,10,11)/t4-/m1/s1. The molecule has 0 aromatic carbocycles. The molecule has 0 saturated carbocycles. The van der Waals surface area contributed by atoms with Crippen LogP contribution >= 0.6 is 0 Å². The maximum atomic E-state index is 11.3. The molecular formula is C7H12N4O2. The summed E-state index contributed by atoms with van der Waals surface area (Å²) in [5.74, 6) is -0.365. The highest BCUT2D eigenvalue weighted by Gasteiger charge is 2.11. The summed E-state index contributed by atoms with van der Waals surface area (Å²) in [4.78, 5) is 11.3. The Bertz CT molecular complexity index is 294. The topological polar surface area (TPSA) is 104 Å². The Labute approximate surface area is 75.1 Å². The molecule has 1 atom stereocenters. The predicted octanol–water partition coefficient (Wildman–Crippen LogP) is -0.897. The molecule has 0 aliphatic rings. The highest BCUT2D eigenvalue weighted by atomic mass is 16.3. The summed E-state index contributed by atoms with van der Waals surface area (Å²) >= 11 is 0. The molecule has 0 saturated heterocycles. The number of anilines is 1. The second-order valence-corrected chi connectivity index (χ2v) is 2.76. The molecular weight excluding hydrogens is 172 g/mol. The largest absolute Gasteiger partial charge is 0.396 e. The summed E-state index contributed by atoms with van der Waals surface area (Å²) in [6.45, 7) is 1.77. The molecule has 1 aromatic rings. The first-order chi connectivity index (χ1) is 6.11. The van der Waals surface area contributed by atoms with Crippen molar-refractivity contribution < 1.29 is 9.90 Å². The van der Waals surface area contributed by atoms with Gasteiger partial charge in [0, 0.05) is 6.54 Å². The van der Waals surface area contributed by atoms with Gasteiger partial charge in [-0.2, -0.15) is 5.10 Å². The van der Waals surface area contributed by atoms with Crippen LogP contribution in [0.5, 0.6) is 0 Å². The highest BCUT2D eigenvalue weighted by Crippen LogP contribution is 2.04. The molecule has 1 rings (SSSR count). The van der Waals surface area contributed by atoms with Crippen molar-refractivity contribution in [2.75, 3.05) is 12.3 Å². The minimum absolute atomic E-state index is 0.192. The van der Waals surface area contributed by atoms with E-state index >= 15 is 0 Å². The Hall–Kier alpha value is -1.56. The minimum Gasteiger partial charge on any atom is -0.396 e. The summed E-state index contributed by atoms with van der Waals surface area (Å²) in [5, 5.41) is 17.4. The first-order valence-electron chi connectivity index (χ1n) is 3.86. The van der Waals surface area contributed by atoms with Gasteiger partial charge in [-0.1, -0.05) is 0 Å². The Kier molecular flexibility index (Phi) is 2.86. The zero-order valence-electron chi connectivity index (χ0n) is 7.24. The lowest BCUT2D eigenvalue weighted by molar-refractivity contribution is 0.0920. The monoisotopic (exact) mass is 184 g/mol. The molecule has 0 radical (unpaired) electrons. The molecule has 0 aliphatic carbocycles. The molecule has 6 heteroatoms. The number of aliphatic hydroxyl groups is 1. The number of aromatic nitrogens is 2. The number of rotatable bonds is 3. The van der Waals surface area contributed by atoms with Crippen LogP contribution in [-0.2, 0) is 0 Å². The SMILES string of the molecule is C[C@@H](O)CNC(=O)c1[nH]ncc1N. The van der Waals surface area contributed by atoms with Crippen molar-refractivity contribution >= 4 is 11.6 Å². The zero-order chi connectivity index (χ0) is 9.84. The Balaban J connectivity index is 2.54. The summed E-state index contributed by atoms with van der Waals surface area (Å²) in [5.41, 5.74) is 5.95. The molecule has 0 spiro atoms. The molecule has 13 heavy (non-hydrogen) atoms. The van der Waals surface area contributed by atoms with E-state index in [9.17, 15) is 4.79 Å². The van der Waals surface area contributed by atoms with E-state index in [4.69, 9.17) is 10.8 Å². The van der Waals surface area contributed by atoms with Crippen molar-refractivity contribution in [1.82, 2.24) is 15.5 Å². The van der Waals surface area contributed by atoms with Crippen molar-refractivity contribution in [2.45, 2.75) is 13.0 Å². The fourth-order valence-corrected chi connectivity index (χ4v) is 0.806. The maximum absolute atomic E-state index is 11.3. The molecule has 1 amide bonds. The van der Waals surface area contributed by atoms with E-state index in [1.54, 1.807) is 6.92 Å². The number of nitrogen functional groups attached to an aromatic ring is 1. The van der Waals surface area contributed by atoms with Crippen LogP contribution in [0, 0.1) is 0 Å². The number of carbonyl (C=O) groups is 1. The quantitative estimate of drug-likeness (QED) is 0.488. The van der Waals surface area contributed by atoms with Crippen LogP contribution in [0.15, 0.2) is 6.20 Å². The van der Waals surface area contributed by atoms with E-state index in [1.807, 2.05) is 0 Å². The Morgan fingerprint density at radius 1 is 1.92 bits per heavy atom. The number of nitrogens with two attached hydrogens (primary N) is 1. The number of aromatic amines is 1. The average Bonchev–Trinajstić information content (AvgIpc) is 2.47. The molecule has 0 bridgehead atoms. The lowest BCUT2D eigenvalue weighted by Crippen LogP contribution is -2.31. The van der Waals surface area contributed by atoms with Gasteiger partial charge in [0.15, 0.2) is 0 Å². The van der Waals surface area contributed by atoms with Gasteiger partial charge in [0.2, 0.25) is 0 Å². The lowest BCUT2D eigenvalue weighted by atomic mass is 10.3. The highest BCUT2D eigenvalue weighted by molar-refractivity contribution is 5.96. The van der Waals surface area contributed by atoms with E-state index in [-0.39, 0.29) is 18.1 Å². The smallest absolute Gasteiger partial charge is 0.271 e. The second kappa shape index (κ2) is 3.90. The number of nitrogens with one attached hydrogen (secondary N) is 2. The number of H-pyrrole nitrogens is 1. The minimum atomic E-state index is -0.576. The molecule has 0 fully saturated rings. The summed E-state index contributed by atoms with van der Waals surface area (Å²) in [7, 11) is 0. The Morgan fingerprint density at radius 2 is 2.62 bits per heavy atom. The fourth-order valence-electron chi connectivity index (χ4n) is 0.806. The van der Waals surface area contributed by atoms with Gasteiger partial charge in [-0.25, -0.2) is 0 Å². The molecule has 1 aromatic heterocycles. The van der Waals surface area contributed by atoms with Gasteiger partial charge >= 0.3 is 0 Å². The number of hydrogen-bond acceptors (Lipinski definition) is 4. The van der Waals surface area contributed by atoms with Crippen molar-refractivity contribution in [3.8, 4) is 0 Å². The van der Waals surface area contributed by atoms with Crippen molar-refractivity contribution in [1.29, 1.82) is 0 Å². The second-order valence-electron chi connectivity index (χ2n) is 2.76. The molecule has 1 heterocycles. The van der Waals surface area contributed by atoms with Crippen LogP contribution in [0.1, 0.15) is 17.4 Å². The van der Waals surface area contributed by atoms with Crippen LogP contribution in [0.25, 0.3) is 0 Å². The van der Waals surface area contributed by atoms with Gasteiger partial charge in [-0.05, 0) is 6.92 Å². The van der Waals surface area contributed by atoms with Crippen LogP contribution in [0.3, 0.4) is 0 Å². The van der Waals surface area contributed by atoms with Crippen LogP contribution in [0.2, 0.25) is 0 Å². The Morgan fingerprint density at radius 3 is 3.08 bits per heavy atom. The van der Waals surface area contributed by atoms with E-state index in [0.29, 0.717) is 5.69 Å². The molecule has 0 unspecified atom stereocenters. The fraction of sp³-hybridized carbons (Fsp3) is 0.429. The van der Waals surface area contributed by atoms with E-state index in [1.165, 1.54) is 6.20 Å². The van der Waals surface area contributed by atoms with Crippen molar-refractivity contribution in [3.05, 3.63) is 11.9 Å². The number of aliphatic hydroxyl groups excluding tert-OH is 1. The number of amides is 1. The van der Waals surface area contributed by atoms with E-state index < -0.39 is 6.10 Å². The number of nitrogens with zero attached hydrogens (tertiary/aromatic N) is 1. The van der Waals surface area contributed by atoms with Crippen molar-refractivity contribution in [3.63, 3.8) is 0 Å². The third kappa shape index (κ3) is 2.45. The van der Waals surface area contributed by atoms with Gasteiger partial charge in [0.05, 0.1) is 18.0 Å². The first-order valence-corrected chi connectivity index (χ1v) is 3.86. The average molecular weight is 184 g/mol. The van der Waals surface area contributed by atoms with E-state index in [0.717, 1.165) is 0 Å². The van der Waals surface area contributed by atoms with Gasteiger partial charge in [0.1, 0.15) is 5.69 Å². The van der Waals surface area contributed by atoms with Gasteiger partial charge in [-0.3, -0.25) is 9.89 Å². The van der Waals surface area contributed by atoms with Crippen LogP contribution in [-0.4, -0.2) is 33.9 Å². The predicted molar refractivity (Wildman–Crippen MR) is 47.0 cm³/mol. The molecule has 0 aliphatic heterocycles. The summed E-state index contributed by atoms with van der Waals surface area (Å²) in [6.07, 6.45) is 0.783. The van der Waals surface area contributed by atoms with Gasteiger partial charge in [-0.15, -0.1) is 0 Å². The van der Waals surface area contributed by atoms with Crippen LogP contribution in [0.4, 0.5) is 5.69 Å². The zero-order valence-corrected chi connectivity index (χ0v) is 7.24.